The highest BCUT2D eigenvalue weighted by atomic mass is 19.1. The molecule has 2 aromatic rings. The van der Waals surface area contributed by atoms with Crippen molar-refractivity contribution in [1.82, 2.24) is 9.78 Å². The van der Waals surface area contributed by atoms with Crippen LogP contribution in [-0.2, 0) is 0 Å². The second kappa shape index (κ2) is 3.50. The molecule has 1 aromatic heterocycles. The summed E-state index contributed by atoms with van der Waals surface area (Å²) >= 11 is 0. The second-order valence-corrected chi connectivity index (χ2v) is 2.85. The van der Waals surface area contributed by atoms with E-state index in [9.17, 15) is 8.78 Å². The molecule has 0 radical (unpaired) electrons. The molecule has 0 aliphatic carbocycles. The topological polar surface area (TPSA) is 41.6 Å². The number of hydrogen-bond acceptors (Lipinski definition) is 2. The zero-order chi connectivity index (χ0) is 10.8. The standard InChI is InChI=1S/C10H5F2N3/c11-8-4-7(6-13)5-9(12)10(8)15-3-1-2-14-15/h1-5H. The Morgan fingerprint density at radius 3 is 2.40 bits per heavy atom. The van der Waals surface area contributed by atoms with Crippen molar-refractivity contribution in [3.05, 3.63) is 47.8 Å². The molecule has 0 bridgehead atoms. The maximum Gasteiger partial charge on any atom is 0.153 e. The summed E-state index contributed by atoms with van der Waals surface area (Å²) < 4.78 is 27.9. The Kier molecular flexibility index (Phi) is 2.18. The number of benzene rings is 1. The van der Waals surface area contributed by atoms with Crippen molar-refractivity contribution in [2.75, 3.05) is 0 Å². The van der Waals surface area contributed by atoms with Gasteiger partial charge in [-0.25, -0.2) is 13.5 Å². The summed E-state index contributed by atoms with van der Waals surface area (Å²) in [5.41, 5.74) is -0.333. The van der Waals surface area contributed by atoms with E-state index >= 15 is 0 Å². The highest BCUT2D eigenvalue weighted by Crippen LogP contribution is 2.18. The van der Waals surface area contributed by atoms with Gasteiger partial charge in [0.05, 0.1) is 11.6 Å². The molecule has 0 fully saturated rings. The molecule has 0 aliphatic rings. The van der Waals surface area contributed by atoms with E-state index in [1.165, 1.54) is 12.4 Å². The average molecular weight is 205 g/mol. The number of hydrogen-bond donors (Lipinski definition) is 0. The zero-order valence-corrected chi connectivity index (χ0v) is 7.48. The van der Waals surface area contributed by atoms with E-state index in [2.05, 4.69) is 5.10 Å². The van der Waals surface area contributed by atoms with E-state index in [-0.39, 0.29) is 11.3 Å². The fraction of sp³-hybridized carbons (Fsp3) is 0. The van der Waals surface area contributed by atoms with Crippen molar-refractivity contribution in [1.29, 1.82) is 5.26 Å². The quantitative estimate of drug-likeness (QED) is 0.714. The van der Waals surface area contributed by atoms with Crippen LogP contribution in [0.15, 0.2) is 30.6 Å². The van der Waals surface area contributed by atoms with Gasteiger partial charge in [-0.05, 0) is 18.2 Å². The van der Waals surface area contributed by atoms with Gasteiger partial charge in [0.2, 0.25) is 0 Å². The highest BCUT2D eigenvalue weighted by molar-refractivity contribution is 5.41. The van der Waals surface area contributed by atoms with Crippen LogP contribution in [0, 0.1) is 23.0 Å². The molecule has 5 heteroatoms. The first-order chi connectivity index (χ1) is 7.22. The van der Waals surface area contributed by atoms with Gasteiger partial charge in [-0.3, -0.25) is 0 Å². The number of rotatable bonds is 1. The predicted molar refractivity (Wildman–Crippen MR) is 48.2 cm³/mol. The number of aromatic nitrogens is 2. The molecule has 2 rings (SSSR count). The van der Waals surface area contributed by atoms with Gasteiger partial charge in [0.1, 0.15) is 5.69 Å². The van der Waals surface area contributed by atoms with Gasteiger partial charge in [0, 0.05) is 12.4 Å². The lowest BCUT2D eigenvalue weighted by molar-refractivity contribution is 0.559. The molecule has 0 N–H and O–H groups in total. The van der Waals surface area contributed by atoms with E-state index in [0.717, 1.165) is 16.8 Å². The van der Waals surface area contributed by atoms with Gasteiger partial charge in [0.25, 0.3) is 0 Å². The molecule has 3 nitrogen and oxygen atoms in total. The molecule has 0 amide bonds. The minimum Gasteiger partial charge on any atom is -0.235 e. The van der Waals surface area contributed by atoms with Crippen LogP contribution in [0.1, 0.15) is 5.56 Å². The summed E-state index contributed by atoms with van der Waals surface area (Å²) in [5, 5.41) is 12.2. The lowest BCUT2D eigenvalue weighted by atomic mass is 10.2. The van der Waals surface area contributed by atoms with Gasteiger partial charge >= 0.3 is 0 Å². The van der Waals surface area contributed by atoms with Crippen LogP contribution >= 0.6 is 0 Å². The third-order valence-corrected chi connectivity index (χ3v) is 1.88. The molecule has 0 saturated carbocycles. The molecule has 0 spiro atoms. The maximum atomic E-state index is 13.4. The molecule has 15 heavy (non-hydrogen) atoms. The molecular formula is C10H5F2N3. The molecule has 0 atom stereocenters. The first kappa shape index (κ1) is 9.34. The van der Waals surface area contributed by atoms with E-state index in [0.29, 0.717) is 0 Å². The summed E-state index contributed by atoms with van der Waals surface area (Å²) in [5.74, 6) is -1.62. The zero-order valence-electron chi connectivity index (χ0n) is 7.48. The van der Waals surface area contributed by atoms with Crippen LogP contribution in [0.2, 0.25) is 0 Å². The van der Waals surface area contributed by atoms with Crippen LogP contribution < -0.4 is 0 Å². The molecule has 1 aromatic carbocycles. The monoisotopic (exact) mass is 205 g/mol. The van der Waals surface area contributed by atoms with Crippen LogP contribution in [0.5, 0.6) is 0 Å². The third-order valence-electron chi connectivity index (χ3n) is 1.88. The first-order valence-corrected chi connectivity index (χ1v) is 4.11. The molecular weight excluding hydrogens is 200 g/mol. The minimum atomic E-state index is -0.810. The molecule has 0 saturated heterocycles. The van der Waals surface area contributed by atoms with E-state index in [4.69, 9.17) is 5.26 Å². The smallest absolute Gasteiger partial charge is 0.153 e. The van der Waals surface area contributed by atoms with Gasteiger partial charge in [-0.2, -0.15) is 10.4 Å². The lowest BCUT2D eigenvalue weighted by Gasteiger charge is -2.04. The number of nitrogens with zero attached hydrogens (tertiary/aromatic N) is 3. The Balaban J connectivity index is 2.64. The van der Waals surface area contributed by atoms with Crippen LogP contribution in [0.3, 0.4) is 0 Å². The van der Waals surface area contributed by atoms with Crippen molar-refractivity contribution in [3.63, 3.8) is 0 Å². The van der Waals surface area contributed by atoms with Crippen molar-refractivity contribution < 1.29 is 8.78 Å². The Morgan fingerprint density at radius 1 is 1.27 bits per heavy atom. The summed E-state index contributed by atoms with van der Waals surface area (Å²) in [6, 6.07) is 5.17. The lowest BCUT2D eigenvalue weighted by Crippen LogP contribution is -2.02. The SMILES string of the molecule is N#Cc1cc(F)c(-n2cccn2)c(F)c1. The molecule has 0 unspecified atom stereocenters. The summed E-state index contributed by atoms with van der Waals surface area (Å²) in [7, 11) is 0. The third kappa shape index (κ3) is 1.57. The van der Waals surface area contributed by atoms with Crippen LogP contribution in [0.4, 0.5) is 8.78 Å². The Labute approximate surface area is 84.2 Å². The summed E-state index contributed by atoms with van der Waals surface area (Å²) in [6.07, 6.45) is 2.84. The Morgan fingerprint density at radius 2 is 1.93 bits per heavy atom. The van der Waals surface area contributed by atoms with Crippen molar-refractivity contribution in [3.8, 4) is 11.8 Å². The van der Waals surface area contributed by atoms with Gasteiger partial charge < -0.3 is 0 Å². The molecule has 74 valence electrons. The molecule has 1 heterocycles. The van der Waals surface area contributed by atoms with E-state index < -0.39 is 11.6 Å². The Bertz CT molecular complexity index is 503. The maximum absolute atomic E-state index is 13.4. The molecule has 0 aliphatic heterocycles. The van der Waals surface area contributed by atoms with Gasteiger partial charge in [-0.15, -0.1) is 0 Å². The van der Waals surface area contributed by atoms with Crippen molar-refractivity contribution in [2.24, 2.45) is 0 Å². The van der Waals surface area contributed by atoms with Crippen LogP contribution in [-0.4, -0.2) is 9.78 Å². The average Bonchev–Trinajstić information content (AvgIpc) is 2.69. The summed E-state index contributed by atoms with van der Waals surface area (Å²) in [4.78, 5) is 0. The first-order valence-electron chi connectivity index (χ1n) is 4.11. The normalized spacial score (nSPS) is 9.93. The largest absolute Gasteiger partial charge is 0.235 e. The number of nitriles is 1. The van der Waals surface area contributed by atoms with Crippen LogP contribution in [0.25, 0.3) is 5.69 Å². The minimum absolute atomic E-state index is 0.0547. The van der Waals surface area contributed by atoms with Crippen molar-refractivity contribution in [2.45, 2.75) is 0 Å². The van der Waals surface area contributed by atoms with Gasteiger partial charge in [0.15, 0.2) is 11.6 Å². The Hall–Kier alpha value is -2.22. The van der Waals surface area contributed by atoms with E-state index in [1.54, 1.807) is 12.1 Å². The number of halogens is 2. The van der Waals surface area contributed by atoms with E-state index in [1.807, 2.05) is 0 Å². The highest BCUT2D eigenvalue weighted by Gasteiger charge is 2.12. The second-order valence-electron chi connectivity index (χ2n) is 2.85. The predicted octanol–water partition coefficient (Wildman–Crippen LogP) is 2.02. The fourth-order valence-electron chi connectivity index (χ4n) is 1.25. The van der Waals surface area contributed by atoms with Crippen molar-refractivity contribution >= 4 is 0 Å². The fourth-order valence-corrected chi connectivity index (χ4v) is 1.25. The van der Waals surface area contributed by atoms with Gasteiger partial charge in [-0.1, -0.05) is 0 Å². The summed E-state index contributed by atoms with van der Waals surface area (Å²) in [6.45, 7) is 0.